The van der Waals surface area contributed by atoms with Gasteiger partial charge in [-0.25, -0.2) is 9.59 Å². The highest BCUT2D eigenvalue weighted by molar-refractivity contribution is 5.84. The van der Waals surface area contributed by atoms with E-state index in [-0.39, 0.29) is 5.57 Å². The van der Waals surface area contributed by atoms with Crippen LogP contribution in [0, 0.1) is 0 Å². The van der Waals surface area contributed by atoms with Crippen molar-refractivity contribution in [3.63, 3.8) is 0 Å². The van der Waals surface area contributed by atoms with Crippen LogP contribution in [0.15, 0.2) is 43.7 Å². The smallest absolute Gasteiger partial charge is 0.330 e. The lowest BCUT2D eigenvalue weighted by Gasteiger charge is -1.79. The van der Waals surface area contributed by atoms with Crippen LogP contribution in [0.2, 0.25) is 0 Å². The zero-order valence-electron chi connectivity index (χ0n) is 8.12. The summed E-state index contributed by atoms with van der Waals surface area (Å²) in [7, 11) is 0. The zero-order valence-corrected chi connectivity index (χ0v) is 8.12. The quantitative estimate of drug-likeness (QED) is 0.524. The lowest BCUT2D eigenvalue weighted by atomic mass is 10.4. The molecule has 78 valence electrons. The molecule has 0 unspecified atom stereocenters. The Hall–Kier alpha value is -2.06. The Morgan fingerprint density at radius 3 is 1.43 bits per heavy atom. The van der Waals surface area contributed by atoms with Gasteiger partial charge in [0.1, 0.15) is 0 Å². The molecule has 2 N–H and O–H groups in total. The maximum atomic E-state index is 9.60. The maximum Gasteiger partial charge on any atom is 0.330 e. The van der Waals surface area contributed by atoms with Crippen molar-refractivity contribution in [2.75, 3.05) is 0 Å². The molecule has 0 rings (SSSR count). The van der Waals surface area contributed by atoms with Gasteiger partial charge in [0.15, 0.2) is 0 Å². The van der Waals surface area contributed by atoms with Gasteiger partial charge in [-0.15, -0.1) is 5.73 Å². The van der Waals surface area contributed by atoms with E-state index >= 15 is 0 Å². The Morgan fingerprint density at radius 2 is 1.43 bits per heavy atom. The van der Waals surface area contributed by atoms with Crippen LogP contribution in [0.25, 0.3) is 0 Å². The topological polar surface area (TPSA) is 74.6 Å². The van der Waals surface area contributed by atoms with Crippen LogP contribution >= 0.6 is 0 Å². The van der Waals surface area contributed by atoms with Crippen LogP contribution in [0.5, 0.6) is 0 Å². The summed E-state index contributed by atoms with van der Waals surface area (Å²) in [6.07, 6.45) is 0.833. The lowest BCUT2D eigenvalue weighted by Crippen LogP contribution is -1.92. The van der Waals surface area contributed by atoms with Crippen LogP contribution in [-0.2, 0) is 9.59 Å². The monoisotopic (exact) mass is 198 g/mol. The second-order valence-electron chi connectivity index (χ2n) is 1.88. The van der Waals surface area contributed by atoms with Gasteiger partial charge < -0.3 is 10.2 Å². The summed E-state index contributed by atoms with van der Waals surface area (Å²) < 4.78 is 0. The van der Waals surface area contributed by atoms with Crippen molar-refractivity contribution in [1.29, 1.82) is 0 Å². The standard InChI is InChI=1S/C4H6O2.C3H4O2.C3H4/c1-3(2)4(5)6;1-2-3(4)5;1-3-2/h1H2,2H3,(H,5,6);2H,1H2,(H,4,5);1-2H2. The van der Waals surface area contributed by atoms with E-state index < -0.39 is 11.9 Å². The number of carbonyl (C=O) groups is 2. The molecular formula is C10H14O4. The number of carboxylic acid groups (broad SMARTS) is 2. The molecule has 0 fully saturated rings. The second kappa shape index (κ2) is 13.5. The molecular weight excluding hydrogens is 184 g/mol. The van der Waals surface area contributed by atoms with E-state index in [1.54, 1.807) is 0 Å². The maximum absolute atomic E-state index is 9.60. The van der Waals surface area contributed by atoms with E-state index in [4.69, 9.17) is 10.2 Å². The molecule has 0 aliphatic heterocycles. The van der Waals surface area contributed by atoms with Crippen LogP contribution in [0.1, 0.15) is 6.92 Å². The first kappa shape index (κ1) is 17.9. The normalized spacial score (nSPS) is 6.07. The first-order valence-corrected chi connectivity index (χ1v) is 3.36. The van der Waals surface area contributed by atoms with Gasteiger partial charge in [-0.3, -0.25) is 0 Å². The molecule has 0 bridgehead atoms. The van der Waals surface area contributed by atoms with Crippen molar-refractivity contribution in [2.45, 2.75) is 6.92 Å². The summed E-state index contributed by atoms with van der Waals surface area (Å²) in [6.45, 7) is 13.8. The minimum Gasteiger partial charge on any atom is -0.478 e. The minimum absolute atomic E-state index is 0.176. The molecule has 0 aromatic carbocycles. The number of aliphatic carboxylic acids is 2. The summed E-state index contributed by atoms with van der Waals surface area (Å²) in [5.74, 6) is -1.92. The van der Waals surface area contributed by atoms with Crippen molar-refractivity contribution in [3.8, 4) is 0 Å². The highest BCUT2D eigenvalue weighted by Gasteiger charge is 1.90. The summed E-state index contributed by atoms with van der Waals surface area (Å²) in [5.41, 5.74) is 2.43. The van der Waals surface area contributed by atoms with Crippen LogP contribution in [-0.4, -0.2) is 22.2 Å². The third-order valence-electron chi connectivity index (χ3n) is 0.540. The summed E-state index contributed by atoms with van der Waals surface area (Å²) in [5, 5.41) is 15.5. The highest BCUT2D eigenvalue weighted by Crippen LogP contribution is 1.81. The van der Waals surface area contributed by atoms with Crippen molar-refractivity contribution < 1.29 is 19.8 Å². The molecule has 14 heavy (non-hydrogen) atoms. The Kier molecular flexibility index (Phi) is 17.3. The van der Waals surface area contributed by atoms with E-state index in [9.17, 15) is 9.59 Å². The SMILES string of the molecule is C=C(C)C(=O)O.C=C=C.C=CC(=O)O. The number of hydrogen-bond acceptors (Lipinski definition) is 2. The van der Waals surface area contributed by atoms with Gasteiger partial charge in [-0.2, -0.15) is 0 Å². The van der Waals surface area contributed by atoms with Gasteiger partial charge >= 0.3 is 11.9 Å². The molecule has 0 saturated heterocycles. The van der Waals surface area contributed by atoms with Gasteiger partial charge in [-0.05, 0) is 6.92 Å². The van der Waals surface area contributed by atoms with Crippen LogP contribution in [0.4, 0.5) is 0 Å². The predicted octanol–water partition coefficient (Wildman–Crippen LogP) is 1.86. The lowest BCUT2D eigenvalue weighted by molar-refractivity contribution is -0.133. The van der Waals surface area contributed by atoms with Crippen molar-refractivity contribution in [1.82, 2.24) is 0 Å². The fourth-order valence-electron chi connectivity index (χ4n) is 0. The average molecular weight is 198 g/mol. The molecule has 0 atom stereocenters. The molecule has 4 nitrogen and oxygen atoms in total. The molecule has 0 saturated carbocycles. The first-order chi connectivity index (χ1) is 6.33. The summed E-state index contributed by atoms with van der Waals surface area (Å²) >= 11 is 0. The fraction of sp³-hybridized carbons (Fsp3) is 0.100. The molecule has 0 amide bonds. The summed E-state index contributed by atoms with van der Waals surface area (Å²) in [4.78, 5) is 18.8. The predicted molar refractivity (Wildman–Crippen MR) is 55.0 cm³/mol. The Bertz CT molecular complexity index is 233. The fourth-order valence-corrected chi connectivity index (χ4v) is 0. The Labute approximate surface area is 83.2 Å². The third kappa shape index (κ3) is 51.2. The molecule has 0 aliphatic rings. The van der Waals surface area contributed by atoms with Crippen LogP contribution < -0.4 is 0 Å². The van der Waals surface area contributed by atoms with E-state index in [0.717, 1.165) is 6.08 Å². The molecule has 4 heteroatoms. The Balaban J connectivity index is -0.000000138. The number of rotatable bonds is 2. The molecule has 0 spiro atoms. The minimum atomic E-state index is -0.981. The van der Waals surface area contributed by atoms with Crippen molar-refractivity contribution in [3.05, 3.63) is 43.7 Å². The average Bonchev–Trinajstić information content (AvgIpc) is 2.06. The first-order valence-electron chi connectivity index (χ1n) is 3.36. The zero-order chi connectivity index (χ0) is 12.1. The van der Waals surface area contributed by atoms with E-state index in [2.05, 4.69) is 32.0 Å². The highest BCUT2D eigenvalue weighted by atomic mass is 16.4. The summed E-state index contributed by atoms with van der Waals surface area (Å²) in [6, 6.07) is 0. The molecule has 0 aromatic rings. The van der Waals surface area contributed by atoms with Gasteiger partial charge in [0.2, 0.25) is 0 Å². The largest absolute Gasteiger partial charge is 0.478 e. The van der Waals surface area contributed by atoms with Crippen LogP contribution in [0.3, 0.4) is 0 Å². The van der Waals surface area contributed by atoms with Crippen molar-refractivity contribution >= 4 is 11.9 Å². The third-order valence-corrected chi connectivity index (χ3v) is 0.540. The molecule has 0 heterocycles. The second-order valence-corrected chi connectivity index (χ2v) is 1.88. The van der Waals surface area contributed by atoms with E-state index in [0.29, 0.717) is 0 Å². The van der Waals surface area contributed by atoms with E-state index in [1.807, 2.05) is 0 Å². The van der Waals surface area contributed by atoms with Gasteiger partial charge in [0.05, 0.1) is 0 Å². The van der Waals surface area contributed by atoms with Gasteiger partial charge in [-0.1, -0.05) is 26.3 Å². The molecule has 0 aromatic heterocycles. The number of hydrogen-bond donors (Lipinski definition) is 2. The molecule has 0 radical (unpaired) electrons. The molecule has 0 aliphatic carbocycles. The van der Waals surface area contributed by atoms with E-state index in [1.165, 1.54) is 6.92 Å². The number of carboxylic acids is 2. The van der Waals surface area contributed by atoms with Gasteiger partial charge in [0, 0.05) is 11.6 Å². The van der Waals surface area contributed by atoms with Gasteiger partial charge in [0.25, 0.3) is 0 Å². The Morgan fingerprint density at radius 1 is 1.29 bits per heavy atom. The van der Waals surface area contributed by atoms with Crippen molar-refractivity contribution in [2.24, 2.45) is 0 Å².